The number of halogens is 3. The van der Waals surface area contributed by atoms with Crippen LogP contribution in [0, 0.1) is 5.95 Å². The van der Waals surface area contributed by atoms with Crippen LogP contribution in [-0.2, 0) is 0 Å². The second-order valence-corrected chi connectivity index (χ2v) is 6.43. The zero-order chi connectivity index (χ0) is 20.1. The molecule has 2 amide bonds. The first-order chi connectivity index (χ1) is 13.4. The fourth-order valence-corrected chi connectivity index (χ4v) is 3.08. The van der Waals surface area contributed by atoms with Crippen LogP contribution >= 0.6 is 0 Å². The van der Waals surface area contributed by atoms with Crippen molar-refractivity contribution in [3.8, 4) is 5.75 Å². The molecule has 0 bridgehead atoms. The number of carbonyl (C=O) groups is 1. The van der Waals surface area contributed by atoms with Gasteiger partial charge in [0.1, 0.15) is 5.75 Å². The number of hydrogen-bond acceptors (Lipinski definition) is 4. The van der Waals surface area contributed by atoms with Crippen molar-refractivity contribution < 1.29 is 22.7 Å². The summed E-state index contributed by atoms with van der Waals surface area (Å²) in [7, 11) is 0. The maximum absolute atomic E-state index is 13.3. The topological polar surface area (TPSA) is 57.7 Å². The summed E-state index contributed by atoms with van der Waals surface area (Å²) in [6.07, 6.45) is 1.41. The predicted octanol–water partition coefficient (Wildman–Crippen LogP) is 3.41. The molecule has 0 spiro atoms. The van der Waals surface area contributed by atoms with Crippen molar-refractivity contribution in [2.45, 2.75) is 19.6 Å². The maximum Gasteiger partial charge on any atom is 0.387 e. The Kier molecular flexibility index (Phi) is 6.23. The van der Waals surface area contributed by atoms with Crippen LogP contribution in [0.5, 0.6) is 5.75 Å². The lowest BCUT2D eigenvalue weighted by Crippen LogP contribution is -2.52. The Morgan fingerprint density at radius 2 is 1.93 bits per heavy atom. The van der Waals surface area contributed by atoms with Gasteiger partial charge in [-0.05, 0) is 30.7 Å². The number of ether oxygens (including phenoxy) is 1. The second kappa shape index (κ2) is 8.81. The lowest BCUT2D eigenvalue weighted by atomic mass is 10.1. The quantitative estimate of drug-likeness (QED) is 0.790. The Balaban J connectivity index is 1.54. The van der Waals surface area contributed by atoms with Gasteiger partial charge >= 0.3 is 12.6 Å². The van der Waals surface area contributed by atoms with Crippen molar-refractivity contribution in [2.24, 2.45) is 0 Å². The molecule has 0 unspecified atom stereocenters. The van der Waals surface area contributed by atoms with Gasteiger partial charge in [0.2, 0.25) is 5.95 Å². The zero-order valence-corrected chi connectivity index (χ0v) is 15.3. The standard InChI is InChI=1S/C19H21F3N4O2/c1-13(14-3-2-4-16(11-14)28-18(21)22)24-19(27)26-9-7-25(8-10-26)15-5-6-23-17(20)12-15/h2-6,11-13,18H,7-10H2,1H3,(H,24,27)/t13-/m1/s1. The van der Waals surface area contributed by atoms with Crippen LogP contribution in [0.15, 0.2) is 42.6 Å². The molecule has 1 saturated heterocycles. The number of urea groups is 1. The third kappa shape index (κ3) is 5.05. The van der Waals surface area contributed by atoms with Gasteiger partial charge in [-0.15, -0.1) is 0 Å². The van der Waals surface area contributed by atoms with Crippen LogP contribution < -0.4 is 15.0 Å². The monoisotopic (exact) mass is 394 g/mol. The highest BCUT2D eigenvalue weighted by molar-refractivity contribution is 5.75. The van der Waals surface area contributed by atoms with Crippen LogP contribution in [0.2, 0.25) is 0 Å². The third-order valence-electron chi connectivity index (χ3n) is 4.57. The van der Waals surface area contributed by atoms with Crippen LogP contribution in [0.25, 0.3) is 0 Å². The third-order valence-corrected chi connectivity index (χ3v) is 4.57. The van der Waals surface area contributed by atoms with Crippen molar-refractivity contribution in [2.75, 3.05) is 31.1 Å². The molecule has 1 atom stereocenters. The van der Waals surface area contributed by atoms with Crippen LogP contribution in [0.4, 0.5) is 23.7 Å². The van der Waals surface area contributed by atoms with Crippen LogP contribution in [0.1, 0.15) is 18.5 Å². The van der Waals surface area contributed by atoms with Gasteiger partial charge < -0.3 is 19.9 Å². The lowest BCUT2D eigenvalue weighted by Gasteiger charge is -2.36. The first-order valence-electron chi connectivity index (χ1n) is 8.89. The number of alkyl halides is 2. The van der Waals surface area contributed by atoms with E-state index in [-0.39, 0.29) is 17.8 Å². The fourth-order valence-electron chi connectivity index (χ4n) is 3.08. The Hall–Kier alpha value is -2.97. The van der Waals surface area contributed by atoms with Crippen molar-refractivity contribution in [1.29, 1.82) is 0 Å². The van der Waals surface area contributed by atoms with E-state index in [2.05, 4.69) is 15.0 Å². The normalized spacial score (nSPS) is 15.5. The Morgan fingerprint density at radius 3 is 2.61 bits per heavy atom. The molecule has 28 heavy (non-hydrogen) atoms. The molecule has 2 heterocycles. The number of piperazine rings is 1. The van der Waals surface area contributed by atoms with Gasteiger partial charge in [0.15, 0.2) is 0 Å². The average Bonchev–Trinajstić information content (AvgIpc) is 2.68. The van der Waals surface area contributed by atoms with E-state index in [1.165, 1.54) is 24.4 Å². The predicted molar refractivity (Wildman–Crippen MR) is 98.0 cm³/mol. The van der Waals surface area contributed by atoms with Crippen LogP contribution in [0.3, 0.4) is 0 Å². The second-order valence-electron chi connectivity index (χ2n) is 6.43. The summed E-state index contributed by atoms with van der Waals surface area (Å²) in [4.78, 5) is 19.7. The number of carbonyl (C=O) groups excluding carboxylic acids is 1. The van der Waals surface area contributed by atoms with E-state index in [4.69, 9.17) is 0 Å². The highest BCUT2D eigenvalue weighted by Crippen LogP contribution is 2.21. The molecule has 3 rings (SSSR count). The van der Waals surface area contributed by atoms with Crippen molar-refractivity contribution in [1.82, 2.24) is 15.2 Å². The fraction of sp³-hybridized carbons (Fsp3) is 0.368. The number of benzene rings is 1. The summed E-state index contributed by atoms with van der Waals surface area (Å²) < 4.78 is 42.4. The summed E-state index contributed by atoms with van der Waals surface area (Å²) >= 11 is 0. The molecule has 2 aromatic rings. The number of amides is 2. The molecular formula is C19H21F3N4O2. The molecule has 0 aliphatic carbocycles. The van der Waals surface area contributed by atoms with Gasteiger partial charge in [-0.1, -0.05) is 12.1 Å². The van der Waals surface area contributed by atoms with Gasteiger partial charge in [0.05, 0.1) is 6.04 Å². The van der Waals surface area contributed by atoms with Gasteiger partial charge in [-0.2, -0.15) is 13.2 Å². The molecule has 0 radical (unpaired) electrons. The number of hydrogen-bond donors (Lipinski definition) is 1. The smallest absolute Gasteiger partial charge is 0.387 e. The van der Waals surface area contributed by atoms with Gasteiger partial charge in [0.25, 0.3) is 0 Å². The largest absolute Gasteiger partial charge is 0.435 e. The molecule has 0 saturated carbocycles. The Bertz CT molecular complexity index is 813. The number of anilines is 1. The molecule has 9 heteroatoms. The lowest BCUT2D eigenvalue weighted by molar-refractivity contribution is -0.0499. The number of nitrogens with one attached hydrogen (secondary N) is 1. The number of pyridine rings is 1. The van der Waals surface area contributed by atoms with Crippen LogP contribution in [-0.4, -0.2) is 48.7 Å². The van der Waals surface area contributed by atoms with E-state index in [9.17, 15) is 18.0 Å². The molecule has 1 aromatic carbocycles. The number of aromatic nitrogens is 1. The average molecular weight is 394 g/mol. The zero-order valence-electron chi connectivity index (χ0n) is 15.3. The van der Waals surface area contributed by atoms with Gasteiger partial charge in [-0.25, -0.2) is 9.78 Å². The minimum Gasteiger partial charge on any atom is -0.435 e. The molecule has 1 fully saturated rings. The Morgan fingerprint density at radius 1 is 1.18 bits per heavy atom. The van der Waals surface area contributed by atoms with Gasteiger partial charge in [0, 0.05) is 44.1 Å². The van der Waals surface area contributed by atoms with E-state index in [1.807, 2.05) is 4.90 Å². The SMILES string of the molecule is C[C@@H](NC(=O)N1CCN(c2ccnc(F)c2)CC1)c1cccc(OC(F)F)c1. The highest BCUT2D eigenvalue weighted by Gasteiger charge is 2.23. The molecule has 6 nitrogen and oxygen atoms in total. The first kappa shape index (κ1) is 19.8. The number of rotatable bonds is 5. The molecule has 1 aliphatic rings. The van der Waals surface area contributed by atoms with E-state index in [1.54, 1.807) is 30.0 Å². The van der Waals surface area contributed by atoms with Crippen molar-refractivity contribution >= 4 is 11.7 Å². The summed E-state index contributed by atoms with van der Waals surface area (Å²) in [5.41, 5.74) is 1.40. The Labute approximate surface area is 160 Å². The molecular weight excluding hydrogens is 373 g/mol. The summed E-state index contributed by atoms with van der Waals surface area (Å²) in [6.45, 7) is 0.986. The van der Waals surface area contributed by atoms with E-state index >= 15 is 0 Å². The minimum atomic E-state index is -2.90. The summed E-state index contributed by atoms with van der Waals surface area (Å²) in [5, 5.41) is 2.87. The van der Waals surface area contributed by atoms with Crippen molar-refractivity contribution in [3.05, 3.63) is 54.1 Å². The highest BCUT2D eigenvalue weighted by atomic mass is 19.3. The van der Waals surface area contributed by atoms with Crippen molar-refractivity contribution in [3.63, 3.8) is 0 Å². The molecule has 1 aliphatic heterocycles. The maximum atomic E-state index is 13.3. The van der Waals surface area contributed by atoms with Gasteiger partial charge in [-0.3, -0.25) is 0 Å². The first-order valence-corrected chi connectivity index (χ1v) is 8.89. The minimum absolute atomic E-state index is 0.0480. The molecule has 1 N–H and O–H groups in total. The van der Waals surface area contributed by atoms with E-state index in [0.29, 0.717) is 31.7 Å². The number of nitrogens with zero attached hydrogens (tertiary/aromatic N) is 3. The molecule has 150 valence electrons. The summed E-state index contributed by atoms with van der Waals surface area (Å²) in [5.74, 6) is -0.489. The molecule has 1 aromatic heterocycles. The summed E-state index contributed by atoms with van der Waals surface area (Å²) in [6, 6.07) is 8.73. The van der Waals surface area contributed by atoms with E-state index < -0.39 is 12.6 Å². The van der Waals surface area contributed by atoms with E-state index in [0.717, 1.165) is 5.69 Å².